The largest absolute Gasteiger partial charge is 0.496 e. The van der Waals surface area contributed by atoms with Gasteiger partial charge in [0.1, 0.15) is 17.9 Å². The van der Waals surface area contributed by atoms with Crippen LogP contribution in [0.5, 0.6) is 5.75 Å². The fourth-order valence-corrected chi connectivity index (χ4v) is 3.96. The standard InChI is InChI=1S/C23H35N7O/c1-4-12-24-23(25-13-16-30-18-27-28-22(30)5-2)26-17-20(29-14-8-9-15-29)19-10-6-7-11-21(19)31-3/h4,6-7,10-11,18,20H,1,5,8-9,12-17H2,2-3H3,(H2,24,25,26). The third kappa shape index (κ3) is 6.30. The zero-order chi connectivity index (χ0) is 21.9. The van der Waals surface area contributed by atoms with Crippen LogP contribution in [-0.4, -0.2) is 65.5 Å². The molecule has 1 aliphatic rings. The van der Waals surface area contributed by atoms with E-state index >= 15 is 0 Å². The topological polar surface area (TPSA) is 79.6 Å². The van der Waals surface area contributed by atoms with E-state index in [1.165, 1.54) is 18.4 Å². The number of para-hydroxylation sites is 1. The van der Waals surface area contributed by atoms with Crippen molar-refractivity contribution in [1.82, 2.24) is 30.3 Å². The molecule has 0 bridgehead atoms. The number of aliphatic imine (C=N–C) groups is 1. The van der Waals surface area contributed by atoms with Crippen LogP contribution in [0.1, 0.15) is 37.2 Å². The van der Waals surface area contributed by atoms with Crippen molar-refractivity contribution in [2.75, 3.05) is 39.8 Å². The first-order chi connectivity index (χ1) is 15.3. The van der Waals surface area contributed by atoms with Crippen molar-refractivity contribution >= 4 is 5.96 Å². The molecule has 31 heavy (non-hydrogen) atoms. The molecule has 0 amide bonds. The summed E-state index contributed by atoms with van der Waals surface area (Å²) in [5, 5.41) is 14.9. The molecule has 168 valence electrons. The van der Waals surface area contributed by atoms with Crippen molar-refractivity contribution in [3.8, 4) is 5.75 Å². The van der Waals surface area contributed by atoms with Gasteiger partial charge in [0, 0.05) is 31.6 Å². The van der Waals surface area contributed by atoms with Crippen LogP contribution in [0.3, 0.4) is 0 Å². The number of benzene rings is 1. The summed E-state index contributed by atoms with van der Waals surface area (Å²) in [4.78, 5) is 7.44. The lowest BCUT2D eigenvalue weighted by molar-refractivity contribution is 0.245. The molecule has 1 aliphatic heterocycles. The zero-order valence-corrected chi connectivity index (χ0v) is 18.8. The fraction of sp³-hybridized carbons (Fsp3) is 0.522. The molecular formula is C23H35N7O. The van der Waals surface area contributed by atoms with Crippen molar-refractivity contribution in [1.29, 1.82) is 0 Å². The predicted octanol–water partition coefficient (Wildman–Crippen LogP) is 2.41. The molecule has 0 aliphatic carbocycles. The molecule has 2 aromatic rings. The maximum absolute atomic E-state index is 5.65. The van der Waals surface area contributed by atoms with E-state index in [0.717, 1.165) is 50.1 Å². The Hall–Kier alpha value is -2.87. The molecule has 3 rings (SSSR count). The van der Waals surface area contributed by atoms with Crippen molar-refractivity contribution < 1.29 is 4.74 Å². The molecule has 2 N–H and O–H groups in total. The molecule has 1 fully saturated rings. The smallest absolute Gasteiger partial charge is 0.191 e. The van der Waals surface area contributed by atoms with Crippen molar-refractivity contribution in [2.24, 2.45) is 4.99 Å². The Morgan fingerprint density at radius 2 is 2.10 bits per heavy atom. The van der Waals surface area contributed by atoms with Gasteiger partial charge in [-0.25, -0.2) is 0 Å². The average molecular weight is 426 g/mol. The molecule has 0 saturated carbocycles. The highest BCUT2D eigenvalue weighted by Crippen LogP contribution is 2.31. The van der Waals surface area contributed by atoms with Crippen LogP contribution < -0.4 is 15.4 Å². The lowest BCUT2D eigenvalue weighted by atomic mass is 10.0. The summed E-state index contributed by atoms with van der Waals surface area (Å²) in [5.74, 6) is 2.69. The number of rotatable bonds is 11. The Morgan fingerprint density at radius 1 is 1.29 bits per heavy atom. The Morgan fingerprint density at radius 3 is 2.84 bits per heavy atom. The van der Waals surface area contributed by atoms with E-state index in [0.29, 0.717) is 13.1 Å². The lowest BCUT2D eigenvalue weighted by Crippen LogP contribution is -2.40. The number of methoxy groups -OCH3 is 1. The summed E-state index contributed by atoms with van der Waals surface area (Å²) in [5.41, 5.74) is 1.19. The monoisotopic (exact) mass is 425 g/mol. The van der Waals surface area contributed by atoms with Gasteiger partial charge in [0.05, 0.1) is 19.7 Å². The van der Waals surface area contributed by atoms with Gasteiger partial charge in [-0.15, -0.1) is 16.8 Å². The summed E-state index contributed by atoms with van der Waals surface area (Å²) < 4.78 is 7.72. The fourth-order valence-electron chi connectivity index (χ4n) is 3.96. The van der Waals surface area contributed by atoms with Gasteiger partial charge in [0.2, 0.25) is 0 Å². The number of aryl methyl sites for hydroxylation is 1. The number of hydrogen-bond donors (Lipinski definition) is 2. The van der Waals surface area contributed by atoms with E-state index in [1.54, 1.807) is 13.4 Å². The van der Waals surface area contributed by atoms with E-state index in [2.05, 4.69) is 55.9 Å². The van der Waals surface area contributed by atoms with Gasteiger partial charge in [-0.1, -0.05) is 31.2 Å². The third-order valence-corrected chi connectivity index (χ3v) is 5.57. The van der Waals surface area contributed by atoms with Gasteiger partial charge < -0.3 is 19.9 Å². The summed E-state index contributed by atoms with van der Waals surface area (Å²) in [6.45, 7) is 10.9. The maximum atomic E-state index is 5.65. The van der Waals surface area contributed by atoms with Gasteiger partial charge >= 0.3 is 0 Å². The Kier molecular flexibility index (Phi) is 8.90. The first-order valence-corrected chi connectivity index (χ1v) is 11.1. The van der Waals surface area contributed by atoms with Crippen molar-refractivity contribution in [3.05, 3.63) is 54.6 Å². The van der Waals surface area contributed by atoms with Gasteiger partial charge in [0.25, 0.3) is 0 Å². The van der Waals surface area contributed by atoms with Crippen molar-refractivity contribution in [2.45, 2.75) is 38.8 Å². The summed E-state index contributed by atoms with van der Waals surface area (Å²) >= 11 is 0. The van der Waals surface area contributed by atoms with Crippen LogP contribution in [0.2, 0.25) is 0 Å². The first-order valence-electron chi connectivity index (χ1n) is 11.1. The Bertz CT molecular complexity index is 842. The molecule has 2 heterocycles. The molecule has 8 heteroatoms. The Labute approximate surface area is 185 Å². The minimum Gasteiger partial charge on any atom is -0.496 e. The zero-order valence-electron chi connectivity index (χ0n) is 18.8. The van der Waals surface area contributed by atoms with E-state index in [-0.39, 0.29) is 6.04 Å². The van der Waals surface area contributed by atoms with Crippen LogP contribution in [0.15, 0.2) is 48.2 Å². The summed E-state index contributed by atoms with van der Waals surface area (Å²) in [6.07, 6.45) is 6.94. The highest BCUT2D eigenvalue weighted by Gasteiger charge is 2.25. The number of nitrogens with zero attached hydrogens (tertiary/aromatic N) is 5. The van der Waals surface area contributed by atoms with Crippen LogP contribution in [0, 0.1) is 0 Å². The van der Waals surface area contributed by atoms with Crippen LogP contribution in [-0.2, 0) is 13.0 Å². The second-order valence-electron chi connectivity index (χ2n) is 7.58. The van der Waals surface area contributed by atoms with E-state index in [4.69, 9.17) is 9.73 Å². The van der Waals surface area contributed by atoms with Crippen LogP contribution in [0.25, 0.3) is 0 Å². The minimum absolute atomic E-state index is 0.186. The van der Waals surface area contributed by atoms with Gasteiger partial charge in [-0.3, -0.25) is 9.89 Å². The molecule has 1 aromatic carbocycles. The van der Waals surface area contributed by atoms with Crippen LogP contribution >= 0.6 is 0 Å². The number of hydrogen-bond acceptors (Lipinski definition) is 5. The number of aromatic nitrogens is 3. The number of likely N-dealkylation sites (tertiary alicyclic amines) is 1. The molecule has 8 nitrogen and oxygen atoms in total. The predicted molar refractivity (Wildman–Crippen MR) is 124 cm³/mol. The highest BCUT2D eigenvalue weighted by atomic mass is 16.5. The van der Waals surface area contributed by atoms with E-state index < -0.39 is 0 Å². The van der Waals surface area contributed by atoms with Gasteiger partial charge in [0.15, 0.2) is 5.96 Å². The molecule has 1 saturated heterocycles. The highest BCUT2D eigenvalue weighted by molar-refractivity contribution is 5.79. The molecule has 0 radical (unpaired) electrons. The lowest BCUT2D eigenvalue weighted by Gasteiger charge is -2.28. The number of guanidine groups is 1. The van der Waals surface area contributed by atoms with E-state index in [9.17, 15) is 0 Å². The minimum atomic E-state index is 0.186. The second kappa shape index (κ2) is 12.1. The summed E-state index contributed by atoms with van der Waals surface area (Å²) in [6, 6.07) is 8.46. The Balaban J connectivity index is 1.71. The third-order valence-electron chi connectivity index (χ3n) is 5.57. The first kappa shape index (κ1) is 22.8. The molecule has 1 unspecified atom stereocenters. The van der Waals surface area contributed by atoms with E-state index in [1.807, 2.05) is 18.2 Å². The normalized spacial score (nSPS) is 15.6. The molecule has 1 atom stereocenters. The number of ether oxygens (including phenoxy) is 1. The van der Waals surface area contributed by atoms with Crippen LogP contribution in [0.4, 0.5) is 0 Å². The molecule has 1 aromatic heterocycles. The second-order valence-corrected chi connectivity index (χ2v) is 7.58. The number of nitrogens with one attached hydrogen (secondary N) is 2. The van der Waals surface area contributed by atoms with Gasteiger partial charge in [-0.2, -0.15) is 0 Å². The van der Waals surface area contributed by atoms with Gasteiger partial charge in [-0.05, 0) is 32.0 Å². The maximum Gasteiger partial charge on any atom is 0.191 e. The molecular weight excluding hydrogens is 390 g/mol. The molecule has 0 spiro atoms. The summed E-state index contributed by atoms with van der Waals surface area (Å²) in [7, 11) is 1.73. The van der Waals surface area contributed by atoms with Crippen molar-refractivity contribution in [3.63, 3.8) is 0 Å². The average Bonchev–Trinajstić information content (AvgIpc) is 3.49. The quantitative estimate of drug-likeness (QED) is 0.327. The SMILES string of the molecule is C=CCNC(=NCC(c1ccccc1OC)N1CCCC1)NCCn1cnnc1CC.